The third-order valence-electron chi connectivity index (χ3n) is 3.28. The molecule has 23 heavy (non-hydrogen) atoms. The van der Waals surface area contributed by atoms with Gasteiger partial charge in [0.2, 0.25) is 0 Å². The molecule has 118 valence electrons. The van der Waals surface area contributed by atoms with Crippen LogP contribution < -0.4 is 20.1 Å². The minimum Gasteiger partial charge on any atom is -0.484 e. The van der Waals surface area contributed by atoms with Crippen molar-refractivity contribution in [3.8, 4) is 11.5 Å². The number of fused-ring (bicyclic) bond motifs is 1. The van der Waals surface area contributed by atoms with Crippen LogP contribution in [-0.4, -0.2) is 25.0 Å². The Morgan fingerprint density at radius 1 is 1.22 bits per heavy atom. The molecule has 0 radical (unpaired) electrons. The van der Waals surface area contributed by atoms with Crippen LogP contribution in [0.4, 0.5) is 5.69 Å². The van der Waals surface area contributed by atoms with Gasteiger partial charge in [-0.2, -0.15) is 0 Å². The zero-order valence-electron chi connectivity index (χ0n) is 12.4. The van der Waals surface area contributed by atoms with E-state index in [9.17, 15) is 9.59 Å². The van der Waals surface area contributed by atoms with Crippen LogP contribution in [-0.2, 0) is 16.1 Å². The van der Waals surface area contributed by atoms with Gasteiger partial charge in [-0.05, 0) is 29.8 Å². The summed E-state index contributed by atoms with van der Waals surface area (Å²) in [5.41, 5.74) is 1.48. The summed E-state index contributed by atoms with van der Waals surface area (Å²) >= 11 is 0. The van der Waals surface area contributed by atoms with Gasteiger partial charge in [0, 0.05) is 6.54 Å². The number of ether oxygens (including phenoxy) is 2. The minimum absolute atomic E-state index is 0.0277. The molecule has 0 aromatic heterocycles. The summed E-state index contributed by atoms with van der Waals surface area (Å²) in [7, 11) is 0. The molecular formula is C17H16N2O4. The Morgan fingerprint density at radius 3 is 2.87 bits per heavy atom. The van der Waals surface area contributed by atoms with E-state index in [4.69, 9.17) is 9.47 Å². The van der Waals surface area contributed by atoms with Crippen molar-refractivity contribution in [3.05, 3.63) is 54.1 Å². The highest BCUT2D eigenvalue weighted by Gasteiger charge is 2.15. The standard InChI is InChI=1S/C17H16N2O4/c20-16(10-22-13-4-2-1-3-5-13)18-9-12-6-7-15-14(8-12)19-17(21)11-23-15/h1-8H,9-11H2,(H,18,20)(H,19,21). The van der Waals surface area contributed by atoms with E-state index < -0.39 is 0 Å². The molecule has 0 spiro atoms. The second-order valence-corrected chi connectivity index (χ2v) is 5.05. The number of amides is 2. The Hall–Kier alpha value is -3.02. The van der Waals surface area contributed by atoms with Crippen LogP contribution in [0.5, 0.6) is 11.5 Å². The molecular weight excluding hydrogens is 296 g/mol. The third kappa shape index (κ3) is 4.00. The van der Waals surface area contributed by atoms with Crippen molar-refractivity contribution >= 4 is 17.5 Å². The summed E-state index contributed by atoms with van der Waals surface area (Å²) in [6.07, 6.45) is 0. The zero-order valence-corrected chi connectivity index (χ0v) is 12.4. The molecule has 1 heterocycles. The first kappa shape index (κ1) is 14.9. The average Bonchev–Trinajstić information content (AvgIpc) is 2.58. The smallest absolute Gasteiger partial charge is 0.262 e. The maximum atomic E-state index is 11.8. The number of anilines is 1. The molecule has 1 aliphatic rings. The Balaban J connectivity index is 1.51. The topological polar surface area (TPSA) is 76.7 Å². The first-order valence-electron chi connectivity index (χ1n) is 7.21. The second-order valence-electron chi connectivity index (χ2n) is 5.05. The fourth-order valence-corrected chi connectivity index (χ4v) is 2.16. The van der Waals surface area contributed by atoms with Crippen LogP contribution in [0.1, 0.15) is 5.56 Å². The molecule has 2 aromatic rings. The molecule has 0 atom stereocenters. The quantitative estimate of drug-likeness (QED) is 0.881. The summed E-state index contributed by atoms with van der Waals surface area (Å²) in [5.74, 6) is 0.880. The van der Waals surface area contributed by atoms with Crippen molar-refractivity contribution in [1.82, 2.24) is 5.32 Å². The van der Waals surface area contributed by atoms with Crippen LogP contribution >= 0.6 is 0 Å². The lowest BCUT2D eigenvalue weighted by atomic mass is 10.1. The molecule has 2 amide bonds. The molecule has 0 saturated carbocycles. The van der Waals surface area contributed by atoms with Crippen molar-refractivity contribution in [2.24, 2.45) is 0 Å². The van der Waals surface area contributed by atoms with Gasteiger partial charge in [0.15, 0.2) is 13.2 Å². The Kier molecular flexibility index (Phi) is 4.42. The molecule has 6 heteroatoms. The Labute approximate surface area is 133 Å². The van der Waals surface area contributed by atoms with E-state index in [1.54, 1.807) is 24.3 Å². The van der Waals surface area contributed by atoms with Gasteiger partial charge in [-0.15, -0.1) is 0 Å². The van der Waals surface area contributed by atoms with Crippen LogP contribution in [0, 0.1) is 0 Å². The molecule has 6 nitrogen and oxygen atoms in total. The molecule has 2 aromatic carbocycles. The SMILES string of the molecule is O=C(COc1ccccc1)NCc1ccc2c(c1)NC(=O)CO2. The number of hydrogen-bond donors (Lipinski definition) is 2. The lowest BCUT2D eigenvalue weighted by Crippen LogP contribution is -2.29. The van der Waals surface area contributed by atoms with Crippen LogP contribution in [0.15, 0.2) is 48.5 Å². The van der Waals surface area contributed by atoms with Gasteiger partial charge in [-0.1, -0.05) is 24.3 Å². The number of carbonyl (C=O) groups is 2. The molecule has 0 saturated heterocycles. The molecule has 0 aliphatic carbocycles. The van der Waals surface area contributed by atoms with Crippen molar-refractivity contribution in [2.45, 2.75) is 6.54 Å². The van der Waals surface area contributed by atoms with Crippen molar-refractivity contribution in [2.75, 3.05) is 18.5 Å². The maximum absolute atomic E-state index is 11.8. The van der Waals surface area contributed by atoms with E-state index in [0.29, 0.717) is 23.7 Å². The van der Waals surface area contributed by atoms with Crippen molar-refractivity contribution in [1.29, 1.82) is 0 Å². The molecule has 3 rings (SSSR count). The molecule has 1 aliphatic heterocycles. The van der Waals surface area contributed by atoms with E-state index >= 15 is 0 Å². The highest BCUT2D eigenvalue weighted by Crippen LogP contribution is 2.28. The maximum Gasteiger partial charge on any atom is 0.262 e. The van der Waals surface area contributed by atoms with Gasteiger partial charge >= 0.3 is 0 Å². The van der Waals surface area contributed by atoms with Gasteiger partial charge < -0.3 is 20.1 Å². The average molecular weight is 312 g/mol. The molecule has 0 unspecified atom stereocenters. The van der Waals surface area contributed by atoms with Gasteiger partial charge in [0.1, 0.15) is 11.5 Å². The Morgan fingerprint density at radius 2 is 2.04 bits per heavy atom. The summed E-state index contributed by atoms with van der Waals surface area (Å²) in [5, 5.41) is 5.50. The van der Waals surface area contributed by atoms with Crippen molar-refractivity contribution in [3.63, 3.8) is 0 Å². The summed E-state index contributed by atoms with van der Waals surface area (Å²) in [4.78, 5) is 23.1. The molecule has 0 bridgehead atoms. The molecule has 0 fully saturated rings. The van der Waals surface area contributed by atoms with E-state index in [1.807, 2.05) is 24.3 Å². The van der Waals surface area contributed by atoms with Crippen LogP contribution in [0.2, 0.25) is 0 Å². The van der Waals surface area contributed by atoms with Gasteiger partial charge in [-0.3, -0.25) is 9.59 Å². The van der Waals surface area contributed by atoms with Crippen LogP contribution in [0.3, 0.4) is 0 Å². The number of nitrogens with one attached hydrogen (secondary N) is 2. The summed E-state index contributed by atoms with van der Waals surface area (Å²) in [6, 6.07) is 14.5. The van der Waals surface area contributed by atoms with E-state index in [2.05, 4.69) is 10.6 Å². The Bertz CT molecular complexity index is 716. The third-order valence-corrected chi connectivity index (χ3v) is 3.28. The fourth-order valence-electron chi connectivity index (χ4n) is 2.16. The van der Waals surface area contributed by atoms with Gasteiger partial charge in [-0.25, -0.2) is 0 Å². The number of benzene rings is 2. The normalized spacial score (nSPS) is 12.6. The highest BCUT2D eigenvalue weighted by molar-refractivity contribution is 5.95. The lowest BCUT2D eigenvalue weighted by Gasteiger charge is -2.18. The van der Waals surface area contributed by atoms with Crippen LogP contribution in [0.25, 0.3) is 0 Å². The lowest BCUT2D eigenvalue weighted by molar-refractivity contribution is -0.123. The van der Waals surface area contributed by atoms with Gasteiger partial charge in [0.25, 0.3) is 11.8 Å². The minimum atomic E-state index is -0.216. The fraction of sp³-hybridized carbons (Fsp3) is 0.176. The largest absolute Gasteiger partial charge is 0.484 e. The summed E-state index contributed by atoms with van der Waals surface area (Å²) in [6.45, 7) is 0.328. The van der Waals surface area contributed by atoms with E-state index in [-0.39, 0.29) is 25.0 Å². The van der Waals surface area contributed by atoms with E-state index in [1.165, 1.54) is 0 Å². The van der Waals surface area contributed by atoms with Gasteiger partial charge in [0.05, 0.1) is 5.69 Å². The second kappa shape index (κ2) is 6.83. The van der Waals surface area contributed by atoms with E-state index in [0.717, 1.165) is 5.56 Å². The number of para-hydroxylation sites is 1. The first-order valence-corrected chi connectivity index (χ1v) is 7.21. The predicted octanol–water partition coefficient (Wildman–Crippen LogP) is 1.71. The molecule has 2 N–H and O–H groups in total. The van der Waals surface area contributed by atoms with Crippen molar-refractivity contribution < 1.29 is 19.1 Å². The highest BCUT2D eigenvalue weighted by atomic mass is 16.5. The number of hydrogen-bond acceptors (Lipinski definition) is 4. The number of carbonyl (C=O) groups excluding carboxylic acids is 2. The monoisotopic (exact) mass is 312 g/mol. The zero-order chi connectivity index (χ0) is 16.1. The predicted molar refractivity (Wildman–Crippen MR) is 84.4 cm³/mol. The first-order chi connectivity index (χ1) is 11.2. The summed E-state index contributed by atoms with van der Waals surface area (Å²) < 4.78 is 10.7. The number of rotatable bonds is 5.